The SMILES string of the molecule is C[C@@H](NS(=O)(=O)c1ccc(Cl)s1)c1ccc(S(C)(=O)=O)cc1. The zero-order valence-corrected chi connectivity index (χ0v) is 15.0. The minimum atomic E-state index is -3.66. The first-order valence-electron chi connectivity index (χ1n) is 6.17. The second kappa shape index (κ2) is 6.29. The van der Waals surface area contributed by atoms with Gasteiger partial charge in [0.25, 0.3) is 10.0 Å². The number of rotatable bonds is 5. The predicted molar refractivity (Wildman–Crippen MR) is 87.6 cm³/mol. The van der Waals surface area contributed by atoms with Crippen molar-refractivity contribution in [3.05, 3.63) is 46.3 Å². The van der Waals surface area contributed by atoms with Gasteiger partial charge in [-0.05, 0) is 36.8 Å². The van der Waals surface area contributed by atoms with Gasteiger partial charge in [-0.15, -0.1) is 11.3 Å². The molecule has 1 aromatic heterocycles. The van der Waals surface area contributed by atoms with Crippen LogP contribution in [0.15, 0.2) is 45.5 Å². The van der Waals surface area contributed by atoms with Crippen molar-refractivity contribution in [1.29, 1.82) is 0 Å². The summed E-state index contributed by atoms with van der Waals surface area (Å²) in [5.74, 6) is 0. The molecule has 22 heavy (non-hydrogen) atoms. The highest BCUT2D eigenvalue weighted by Crippen LogP contribution is 2.27. The minimum absolute atomic E-state index is 0.136. The summed E-state index contributed by atoms with van der Waals surface area (Å²) in [7, 11) is -6.93. The van der Waals surface area contributed by atoms with Crippen molar-refractivity contribution in [2.75, 3.05) is 6.26 Å². The fraction of sp³-hybridized carbons (Fsp3) is 0.231. The molecule has 0 amide bonds. The highest BCUT2D eigenvalue weighted by Gasteiger charge is 2.20. The Morgan fingerprint density at radius 2 is 1.64 bits per heavy atom. The normalized spacial score (nSPS) is 14.0. The molecular formula is C13H14ClNO4S3. The molecule has 0 bridgehead atoms. The number of halogens is 1. The zero-order valence-electron chi connectivity index (χ0n) is 11.8. The average Bonchev–Trinajstić information content (AvgIpc) is 2.85. The van der Waals surface area contributed by atoms with Crippen molar-refractivity contribution >= 4 is 42.8 Å². The number of nitrogens with one attached hydrogen (secondary N) is 1. The van der Waals surface area contributed by atoms with E-state index in [1.165, 1.54) is 24.3 Å². The molecule has 0 saturated heterocycles. The number of benzene rings is 1. The van der Waals surface area contributed by atoms with Crippen LogP contribution in [0.25, 0.3) is 0 Å². The maximum atomic E-state index is 12.2. The van der Waals surface area contributed by atoms with E-state index in [1.54, 1.807) is 19.1 Å². The molecular weight excluding hydrogens is 366 g/mol. The largest absolute Gasteiger partial charge is 0.250 e. The van der Waals surface area contributed by atoms with Crippen LogP contribution in [0, 0.1) is 0 Å². The summed E-state index contributed by atoms with van der Waals surface area (Å²) < 4.78 is 50.3. The lowest BCUT2D eigenvalue weighted by atomic mass is 10.1. The van der Waals surface area contributed by atoms with E-state index in [0.29, 0.717) is 9.90 Å². The van der Waals surface area contributed by atoms with Gasteiger partial charge in [-0.2, -0.15) is 0 Å². The average molecular weight is 380 g/mol. The second-order valence-electron chi connectivity index (χ2n) is 4.74. The third-order valence-corrected chi connectivity index (χ3v) is 7.35. The van der Waals surface area contributed by atoms with E-state index in [0.717, 1.165) is 17.6 Å². The molecule has 0 aliphatic carbocycles. The molecule has 1 heterocycles. The first kappa shape index (κ1) is 17.4. The summed E-state index contributed by atoms with van der Waals surface area (Å²) in [5.41, 5.74) is 0.665. The van der Waals surface area contributed by atoms with E-state index >= 15 is 0 Å². The molecule has 1 aromatic carbocycles. The summed E-state index contributed by atoms with van der Waals surface area (Å²) in [6.45, 7) is 1.68. The molecule has 0 saturated carbocycles. The number of thiophene rings is 1. The van der Waals surface area contributed by atoms with Gasteiger partial charge in [-0.3, -0.25) is 0 Å². The van der Waals surface area contributed by atoms with Gasteiger partial charge in [0.15, 0.2) is 9.84 Å². The molecule has 0 aliphatic rings. The van der Waals surface area contributed by atoms with E-state index in [1.807, 2.05) is 0 Å². The van der Waals surface area contributed by atoms with Gasteiger partial charge < -0.3 is 0 Å². The van der Waals surface area contributed by atoms with E-state index in [4.69, 9.17) is 11.6 Å². The number of sulfonamides is 1. The van der Waals surface area contributed by atoms with E-state index in [2.05, 4.69) is 4.72 Å². The van der Waals surface area contributed by atoms with Crippen LogP contribution in [0.1, 0.15) is 18.5 Å². The molecule has 0 fully saturated rings. The van der Waals surface area contributed by atoms with Crippen LogP contribution in [0.3, 0.4) is 0 Å². The van der Waals surface area contributed by atoms with Crippen molar-refractivity contribution in [3.63, 3.8) is 0 Å². The van der Waals surface area contributed by atoms with E-state index in [-0.39, 0.29) is 9.10 Å². The first-order valence-corrected chi connectivity index (χ1v) is 10.7. The molecule has 1 N–H and O–H groups in total. The maximum absolute atomic E-state index is 12.2. The molecule has 0 unspecified atom stereocenters. The van der Waals surface area contributed by atoms with Crippen LogP contribution in [0.5, 0.6) is 0 Å². The van der Waals surface area contributed by atoms with Crippen molar-refractivity contribution < 1.29 is 16.8 Å². The molecule has 0 spiro atoms. The van der Waals surface area contributed by atoms with Crippen LogP contribution in [0.4, 0.5) is 0 Å². The Morgan fingerprint density at radius 3 is 2.09 bits per heavy atom. The Hall–Kier alpha value is -0.930. The fourth-order valence-corrected chi connectivity index (χ4v) is 5.17. The summed E-state index contributed by atoms with van der Waals surface area (Å²) in [6, 6.07) is 8.55. The van der Waals surface area contributed by atoms with E-state index < -0.39 is 25.9 Å². The monoisotopic (exact) mass is 379 g/mol. The van der Waals surface area contributed by atoms with E-state index in [9.17, 15) is 16.8 Å². The molecule has 2 aromatic rings. The quantitative estimate of drug-likeness (QED) is 0.866. The van der Waals surface area contributed by atoms with Crippen molar-refractivity contribution in [1.82, 2.24) is 4.72 Å². The second-order valence-corrected chi connectivity index (χ2v) is 10.4. The third-order valence-electron chi connectivity index (χ3n) is 2.95. The standard InChI is InChI=1S/C13H14ClNO4S3/c1-9(10-3-5-11(6-4-10)21(2,16)17)15-22(18,19)13-8-7-12(14)20-13/h3-9,15H,1-2H3/t9-/m1/s1. The smallest absolute Gasteiger partial charge is 0.224 e. The molecule has 120 valence electrons. The van der Waals surface area contributed by atoms with Crippen molar-refractivity contribution in [2.45, 2.75) is 22.1 Å². The zero-order chi connectivity index (χ0) is 16.5. The molecule has 5 nitrogen and oxygen atoms in total. The van der Waals surface area contributed by atoms with Gasteiger partial charge in [0.1, 0.15) is 4.21 Å². The number of sulfone groups is 1. The Morgan fingerprint density at radius 1 is 1.05 bits per heavy atom. The molecule has 1 atom stereocenters. The van der Waals surface area contributed by atoms with Crippen molar-refractivity contribution in [3.8, 4) is 0 Å². The van der Waals surface area contributed by atoms with Crippen LogP contribution < -0.4 is 4.72 Å². The number of hydrogen-bond acceptors (Lipinski definition) is 5. The fourth-order valence-electron chi connectivity index (χ4n) is 1.80. The van der Waals surface area contributed by atoms with Gasteiger partial charge in [0, 0.05) is 12.3 Å². The van der Waals surface area contributed by atoms with Gasteiger partial charge in [0.05, 0.1) is 9.23 Å². The molecule has 2 rings (SSSR count). The topological polar surface area (TPSA) is 80.3 Å². The van der Waals surface area contributed by atoms with Crippen LogP contribution in [0.2, 0.25) is 4.34 Å². The lowest BCUT2D eigenvalue weighted by Gasteiger charge is -2.14. The third kappa shape index (κ3) is 4.08. The highest BCUT2D eigenvalue weighted by molar-refractivity contribution is 7.91. The summed E-state index contributed by atoms with van der Waals surface area (Å²) >= 11 is 6.72. The highest BCUT2D eigenvalue weighted by atomic mass is 35.5. The Labute approximate surface area is 138 Å². The van der Waals surface area contributed by atoms with Crippen molar-refractivity contribution in [2.24, 2.45) is 0 Å². The van der Waals surface area contributed by atoms with Gasteiger partial charge in [-0.1, -0.05) is 23.7 Å². The summed E-state index contributed by atoms with van der Waals surface area (Å²) in [5, 5.41) is 0. The van der Waals surface area contributed by atoms with Gasteiger partial charge in [0.2, 0.25) is 0 Å². The molecule has 9 heteroatoms. The van der Waals surface area contributed by atoms with Gasteiger partial charge in [-0.25, -0.2) is 21.6 Å². The lowest BCUT2D eigenvalue weighted by molar-refractivity contribution is 0.568. The Bertz CT molecular complexity index is 870. The Kier molecular flexibility index (Phi) is 4.98. The first-order chi connectivity index (χ1) is 10.1. The van der Waals surface area contributed by atoms with Crippen LogP contribution >= 0.6 is 22.9 Å². The lowest BCUT2D eigenvalue weighted by Crippen LogP contribution is -2.26. The van der Waals surface area contributed by atoms with Crippen LogP contribution in [-0.4, -0.2) is 23.1 Å². The summed E-state index contributed by atoms with van der Waals surface area (Å²) in [6.07, 6.45) is 1.12. The molecule has 0 radical (unpaired) electrons. The van der Waals surface area contributed by atoms with Crippen LogP contribution in [-0.2, 0) is 19.9 Å². The predicted octanol–water partition coefficient (Wildman–Crippen LogP) is 2.84. The number of hydrogen-bond donors (Lipinski definition) is 1. The maximum Gasteiger partial charge on any atom is 0.250 e. The molecule has 0 aliphatic heterocycles. The van der Waals surface area contributed by atoms with Gasteiger partial charge >= 0.3 is 0 Å². The summed E-state index contributed by atoms with van der Waals surface area (Å²) in [4.78, 5) is 0.191. The minimum Gasteiger partial charge on any atom is -0.224 e. The Balaban J connectivity index is 2.20.